The molecule has 2 aromatic heterocycles. The van der Waals surface area contributed by atoms with Crippen molar-refractivity contribution in [1.29, 1.82) is 0 Å². The van der Waals surface area contributed by atoms with E-state index in [1.807, 2.05) is 16.8 Å². The minimum absolute atomic E-state index is 0.243. The second-order valence-corrected chi connectivity index (χ2v) is 8.76. The molecule has 7 heteroatoms. The second-order valence-electron chi connectivity index (χ2n) is 5.93. The van der Waals surface area contributed by atoms with Gasteiger partial charge in [0.25, 0.3) is 0 Å². The highest BCUT2D eigenvalue weighted by atomic mass is 35.5. The van der Waals surface area contributed by atoms with Gasteiger partial charge in [0.05, 0.1) is 10.6 Å². The minimum Gasteiger partial charge on any atom is -0.221 e. The SMILES string of the molecule is CC1=NN=C[SH]1C1CCC(c2cn3ncnc3cc2Cl)CC1. The Morgan fingerprint density at radius 3 is 2.82 bits per heavy atom. The quantitative estimate of drug-likeness (QED) is 0.849. The van der Waals surface area contributed by atoms with Gasteiger partial charge in [-0.05, 0) is 49.3 Å². The average molecular weight is 336 g/mol. The molecule has 22 heavy (non-hydrogen) atoms. The number of hydrogen-bond acceptors (Lipinski definition) is 4. The first-order chi connectivity index (χ1) is 10.7. The van der Waals surface area contributed by atoms with E-state index in [0.717, 1.165) is 15.9 Å². The van der Waals surface area contributed by atoms with Crippen LogP contribution in [-0.4, -0.2) is 30.4 Å². The van der Waals surface area contributed by atoms with Crippen molar-refractivity contribution >= 4 is 38.7 Å². The fraction of sp³-hybridized carbons (Fsp3) is 0.467. The molecule has 1 fully saturated rings. The molecule has 1 saturated carbocycles. The zero-order valence-electron chi connectivity index (χ0n) is 12.4. The third kappa shape index (κ3) is 2.44. The summed E-state index contributed by atoms with van der Waals surface area (Å²) in [5, 5.41) is 15.3. The van der Waals surface area contributed by atoms with Crippen LogP contribution in [0.5, 0.6) is 0 Å². The molecular weight excluding hydrogens is 318 g/mol. The van der Waals surface area contributed by atoms with Crippen LogP contribution in [0.4, 0.5) is 0 Å². The fourth-order valence-corrected chi connectivity index (χ4v) is 5.83. The number of thiol groups is 1. The number of rotatable bonds is 2. The molecule has 4 rings (SSSR count). The van der Waals surface area contributed by atoms with Gasteiger partial charge in [-0.15, -0.1) is 5.10 Å². The molecule has 0 saturated heterocycles. The van der Waals surface area contributed by atoms with Crippen LogP contribution < -0.4 is 0 Å². The molecule has 0 radical (unpaired) electrons. The summed E-state index contributed by atoms with van der Waals surface area (Å²) in [6.07, 6.45) is 8.40. The third-order valence-electron chi connectivity index (χ3n) is 4.68. The summed E-state index contributed by atoms with van der Waals surface area (Å²) in [7, 11) is -0.243. The summed E-state index contributed by atoms with van der Waals surface area (Å²) in [4.78, 5) is 4.18. The van der Waals surface area contributed by atoms with Crippen molar-refractivity contribution in [1.82, 2.24) is 14.6 Å². The van der Waals surface area contributed by atoms with Gasteiger partial charge in [-0.2, -0.15) is 21.1 Å². The van der Waals surface area contributed by atoms with E-state index in [2.05, 4.69) is 32.8 Å². The van der Waals surface area contributed by atoms with E-state index in [-0.39, 0.29) is 10.9 Å². The lowest BCUT2D eigenvalue weighted by Gasteiger charge is -2.33. The molecule has 1 atom stereocenters. The first-order valence-electron chi connectivity index (χ1n) is 7.57. The molecule has 0 amide bonds. The first kappa shape index (κ1) is 14.2. The van der Waals surface area contributed by atoms with Gasteiger partial charge >= 0.3 is 0 Å². The van der Waals surface area contributed by atoms with Crippen LogP contribution in [0.2, 0.25) is 5.02 Å². The van der Waals surface area contributed by atoms with E-state index in [1.165, 1.54) is 36.3 Å². The number of fused-ring (bicyclic) bond motifs is 1. The molecule has 3 heterocycles. The first-order valence-corrected chi connectivity index (χ1v) is 9.43. The summed E-state index contributed by atoms with van der Waals surface area (Å²) in [5.74, 6) is 0.518. The van der Waals surface area contributed by atoms with Gasteiger partial charge in [0.2, 0.25) is 0 Å². The molecule has 0 aromatic carbocycles. The van der Waals surface area contributed by atoms with Crippen LogP contribution in [0, 0.1) is 0 Å². The topological polar surface area (TPSA) is 54.9 Å². The Hall–Kier alpha value is -1.40. The highest BCUT2D eigenvalue weighted by Crippen LogP contribution is 2.46. The van der Waals surface area contributed by atoms with Crippen molar-refractivity contribution in [3.05, 3.63) is 29.2 Å². The molecular formula is C15H18ClN5S. The van der Waals surface area contributed by atoms with Crippen molar-refractivity contribution in [2.24, 2.45) is 10.2 Å². The van der Waals surface area contributed by atoms with Crippen molar-refractivity contribution in [2.75, 3.05) is 0 Å². The molecule has 0 N–H and O–H groups in total. The van der Waals surface area contributed by atoms with Gasteiger partial charge in [-0.25, -0.2) is 9.50 Å². The maximum Gasteiger partial charge on any atom is 0.156 e. The van der Waals surface area contributed by atoms with Gasteiger partial charge in [0.1, 0.15) is 6.33 Å². The van der Waals surface area contributed by atoms with Crippen molar-refractivity contribution in [2.45, 2.75) is 43.8 Å². The maximum atomic E-state index is 6.46. The predicted molar refractivity (Wildman–Crippen MR) is 93.6 cm³/mol. The molecule has 5 nitrogen and oxygen atoms in total. The molecule has 1 aliphatic heterocycles. The lowest BCUT2D eigenvalue weighted by molar-refractivity contribution is 0.452. The second kappa shape index (κ2) is 5.66. The van der Waals surface area contributed by atoms with E-state index in [1.54, 1.807) is 6.33 Å². The Morgan fingerprint density at radius 1 is 1.27 bits per heavy atom. The van der Waals surface area contributed by atoms with E-state index in [4.69, 9.17) is 11.6 Å². The number of hydrogen-bond donors (Lipinski definition) is 1. The Balaban J connectivity index is 1.51. The standard InChI is InChI=1S/C15H18ClN5S/c1-10-20-18-9-22(10)12-4-2-11(3-5-12)13-7-21-15(6-14(13)16)17-8-19-21/h6-9,11-12,22H,2-5H2,1H3. The highest BCUT2D eigenvalue weighted by molar-refractivity contribution is 8.40. The number of pyridine rings is 1. The normalized spacial score (nSPS) is 29.9. The molecule has 1 unspecified atom stereocenters. The van der Waals surface area contributed by atoms with Crippen molar-refractivity contribution < 1.29 is 0 Å². The number of halogens is 1. The lowest BCUT2D eigenvalue weighted by atomic mass is 9.84. The van der Waals surface area contributed by atoms with Crippen LogP contribution >= 0.6 is 22.5 Å². The van der Waals surface area contributed by atoms with Gasteiger partial charge in [0.15, 0.2) is 5.65 Å². The van der Waals surface area contributed by atoms with E-state index in [0.29, 0.717) is 5.92 Å². The van der Waals surface area contributed by atoms with Gasteiger partial charge < -0.3 is 0 Å². The Labute approximate surface area is 136 Å². The fourth-order valence-electron chi connectivity index (χ4n) is 3.48. The van der Waals surface area contributed by atoms with Crippen molar-refractivity contribution in [3.63, 3.8) is 0 Å². The largest absolute Gasteiger partial charge is 0.221 e. The van der Waals surface area contributed by atoms with E-state index < -0.39 is 0 Å². The van der Waals surface area contributed by atoms with Gasteiger partial charge in [-0.1, -0.05) is 11.6 Å². The molecule has 1 aliphatic carbocycles. The Morgan fingerprint density at radius 2 is 2.09 bits per heavy atom. The maximum absolute atomic E-state index is 6.46. The van der Waals surface area contributed by atoms with Crippen LogP contribution in [0.3, 0.4) is 0 Å². The summed E-state index contributed by atoms with van der Waals surface area (Å²) < 4.78 is 1.82. The number of nitrogens with zero attached hydrogens (tertiary/aromatic N) is 5. The molecule has 2 aromatic rings. The van der Waals surface area contributed by atoms with Crippen LogP contribution in [0.15, 0.2) is 28.8 Å². The summed E-state index contributed by atoms with van der Waals surface area (Å²) in [5.41, 5.74) is 4.08. The summed E-state index contributed by atoms with van der Waals surface area (Å²) in [6.45, 7) is 2.11. The molecule has 116 valence electrons. The van der Waals surface area contributed by atoms with Crippen LogP contribution in [0.25, 0.3) is 5.65 Å². The summed E-state index contributed by atoms with van der Waals surface area (Å²) in [6, 6.07) is 1.92. The highest BCUT2D eigenvalue weighted by Gasteiger charge is 2.29. The number of aromatic nitrogens is 3. The van der Waals surface area contributed by atoms with Crippen LogP contribution in [0.1, 0.15) is 44.1 Å². The summed E-state index contributed by atoms with van der Waals surface area (Å²) >= 11 is 6.46. The smallest absolute Gasteiger partial charge is 0.156 e. The van der Waals surface area contributed by atoms with Crippen LogP contribution in [-0.2, 0) is 0 Å². The van der Waals surface area contributed by atoms with E-state index in [9.17, 15) is 0 Å². The van der Waals surface area contributed by atoms with E-state index >= 15 is 0 Å². The molecule has 2 aliphatic rings. The molecule has 0 bridgehead atoms. The molecule has 0 spiro atoms. The minimum atomic E-state index is -0.243. The average Bonchev–Trinajstić information content (AvgIpc) is 3.15. The van der Waals surface area contributed by atoms with Gasteiger partial charge in [-0.3, -0.25) is 0 Å². The van der Waals surface area contributed by atoms with Gasteiger partial charge in [0, 0.05) is 17.3 Å². The lowest BCUT2D eigenvalue weighted by Crippen LogP contribution is -2.20. The predicted octanol–water partition coefficient (Wildman–Crippen LogP) is 3.79. The monoisotopic (exact) mass is 335 g/mol. The zero-order chi connectivity index (χ0) is 15.1. The Kier molecular flexibility index (Phi) is 3.66. The third-order valence-corrected chi connectivity index (χ3v) is 7.50. The zero-order valence-corrected chi connectivity index (χ0v) is 14.0. The Bertz CT molecular complexity index is 760. The van der Waals surface area contributed by atoms with Crippen molar-refractivity contribution in [3.8, 4) is 0 Å².